The Bertz CT molecular complexity index is 809. The third-order valence-corrected chi connectivity index (χ3v) is 6.41. The first-order valence-electron chi connectivity index (χ1n) is 9.11. The summed E-state index contributed by atoms with van der Waals surface area (Å²) in [5, 5.41) is 5.21. The Morgan fingerprint density at radius 2 is 2.26 bits per heavy atom. The fraction of sp³-hybridized carbons (Fsp3) is 0.450. The third kappa shape index (κ3) is 4.65. The maximum Gasteiger partial charge on any atom is 0.251 e. The minimum absolute atomic E-state index is 0.114. The zero-order chi connectivity index (χ0) is 19.4. The average molecular weight is 453 g/mol. The molecule has 1 aromatic heterocycles. The Balaban J connectivity index is 1.61. The Morgan fingerprint density at radius 1 is 1.44 bits per heavy atom. The lowest BCUT2D eigenvalue weighted by Gasteiger charge is -2.32. The number of nitrogens with zero attached hydrogens (tertiary/aromatic N) is 1. The number of nitrogens with one attached hydrogen (secondary N) is 1. The normalized spacial score (nSPS) is 15.1. The van der Waals surface area contributed by atoms with Crippen molar-refractivity contribution in [3.8, 4) is 11.5 Å². The average Bonchev–Trinajstić information content (AvgIpc) is 3.15. The van der Waals surface area contributed by atoms with Crippen LogP contribution in [-0.4, -0.2) is 43.7 Å². The summed E-state index contributed by atoms with van der Waals surface area (Å²) < 4.78 is 11.7. The van der Waals surface area contributed by atoms with Crippen LogP contribution in [0.2, 0.25) is 0 Å². The van der Waals surface area contributed by atoms with Crippen LogP contribution >= 0.6 is 27.3 Å². The van der Waals surface area contributed by atoms with E-state index in [1.54, 1.807) is 19.2 Å². The van der Waals surface area contributed by atoms with E-state index in [1.165, 1.54) is 10.4 Å². The summed E-state index contributed by atoms with van der Waals surface area (Å²) in [4.78, 5) is 16.5. The van der Waals surface area contributed by atoms with Crippen molar-refractivity contribution in [1.82, 2.24) is 10.2 Å². The standard InChI is InChI=1S/C20H25BrN2O3S/c1-4-26-19-16(21)9-15(10-17(19)25-3)20(24)22-11-13(2)23-7-5-18-14(12-23)6-8-27-18/h6,8-10,13H,4-5,7,11-12H2,1-3H3,(H,22,24). The minimum Gasteiger partial charge on any atom is -0.493 e. The highest BCUT2D eigenvalue weighted by Gasteiger charge is 2.22. The molecular weight excluding hydrogens is 428 g/mol. The van der Waals surface area contributed by atoms with Gasteiger partial charge in [0.1, 0.15) is 0 Å². The molecule has 1 atom stereocenters. The monoisotopic (exact) mass is 452 g/mol. The molecule has 2 aromatic rings. The molecule has 2 heterocycles. The number of halogens is 1. The molecule has 0 saturated heterocycles. The topological polar surface area (TPSA) is 50.8 Å². The van der Waals surface area contributed by atoms with Gasteiger partial charge in [0, 0.05) is 36.1 Å². The number of benzene rings is 1. The molecule has 0 spiro atoms. The van der Waals surface area contributed by atoms with Gasteiger partial charge in [0.15, 0.2) is 11.5 Å². The van der Waals surface area contributed by atoms with Gasteiger partial charge in [0.25, 0.3) is 5.91 Å². The van der Waals surface area contributed by atoms with Crippen molar-refractivity contribution in [3.63, 3.8) is 0 Å². The number of amides is 1. The summed E-state index contributed by atoms with van der Waals surface area (Å²) in [6.07, 6.45) is 1.09. The highest BCUT2D eigenvalue weighted by Crippen LogP contribution is 2.36. The van der Waals surface area contributed by atoms with E-state index in [2.05, 4.69) is 44.5 Å². The van der Waals surface area contributed by atoms with Gasteiger partial charge in [-0.25, -0.2) is 0 Å². The Hall–Kier alpha value is -1.57. The zero-order valence-corrected chi connectivity index (χ0v) is 18.3. The van der Waals surface area contributed by atoms with Crippen molar-refractivity contribution in [2.45, 2.75) is 32.9 Å². The molecule has 1 aliphatic heterocycles. The molecular formula is C20H25BrN2O3S. The van der Waals surface area contributed by atoms with E-state index in [0.717, 1.165) is 19.5 Å². The number of fused-ring (bicyclic) bond motifs is 1. The lowest BCUT2D eigenvalue weighted by atomic mass is 10.1. The maximum atomic E-state index is 12.6. The van der Waals surface area contributed by atoms with Crippen LogP contribution in [0.15, 0.2) is 28.1 Å². The molecule has 27 heavy (non-hydrogen) atoms. The van der Waals surface area contributed by atoms with Crippen LogP contribution < -0.4 is 14.8 Å². The van der Waals surface area contributed by atoms with Crippen molar-refractivity contribution >= 4 is 33.2 Å². The summed E-state index contributed by atoms with van der Waals surface area (Å²) in [5.74, 6) is 1.05. The number of hydrogen-bond donors (Lipinski definition) is 1. The van der Waals surface area contributed by atoms with Crippen molar-refractivity contribution in [1.29, 1.82) is 0 Å². The number of hydrogen-bond acceptors (Lipinski definition) is 5. The predicted molar refractivity (Wildman–Crippen MR) is 112 cm³/mol. The summed E-state index contributed by atoms with van der Waals surface area (Å²) in [7, 11) is 1.57. The summed E-state index contributed by atoms with van der Waals surface area (Å²) >= 11 is 5.31. The van der Waals surface area contributed by atoms with E-state index in [0.29, 0.717) is 34.7 Å². The van der Waals surface area contributed by atoms with Crippen LogP contribution in [0.4, 0.5) is 0 Å². The van der Waals surface area contributed by atoms with Gasteiger partial charge in [-0.2, -0.15) is 0 Å². The number of carbonyl (C=O) groups is 1. The zero-order valence-electron chi connectivity index (χ0n) is 15.9. The van der Waals surface area contributed by atoms with E-state index in [1.807, 2.05) is 18.3 Å². The highest BCUT2D eigenvalue weighted by molar-refractivity contribution is 9.10. The predicted octanol–water partition coefficient (Wildman–Crippen LogP) is 4.09. The van der Waals surface area contributed by atoms with Gasteiger partial charge in [-0.05, 0) is 65.3 Å². The van der Waals surface area contributed by atoms with Crippen LogP contribution in [0.25, 0.3) is 0 Å². The molecule has 1 aliphatic rings. The summed E-state index contributed by atoms with van der Waals surface area (Å²) in [6, 6.07) is 5.97. The second-order valence-electron chi connectivity index (χ2n) is 6.57. The van der Waals surface area contributed by atoms with Gasteiger partial charge < -0.3 is 14.8 Å². The van der Waals surface area contributed by atoms with E-state index >= 15 is 0 Å². The van der Waals surface area contributed by atoms with Gasteiger partial charge in [0.05, 0.1) is 18.2 Å². The quantitative estimate of drug-likeness (QED) is 0.686. The molecule has 0 radical (unpaired) electrons. The van der Waals surface area contributed by atoms with Crippen molar-refractivity contribution < 1.29 is 14.3 Å². The Labute approximate surface area is 172 Å². The SMILES string of the molecule is CCOc1c(Br)cc(C(=O)NCC(C)N2CCc3sccc3C2)cc1OC. The fourth-order valence-electron chi connectivity index (χ4n) is 3.25. The summed E-state index contributed by atoms with van der Waals surface area (Å²) in [5.41, 5.74) is 1.97. The first-order chi connectivity index (χ1) is 13.0. The molecule has 1 amide bonds. The molecule has 0 bridgehead atoms. The number of methoxy groups -OCH3 is 1. The molecule has 1 aromatic carbocycles. The van der Waals surface area contributed by atoms with Crippen LogP contribution in [0.5, 0.6) is 11.5 Å². The Kier molecular flexibility index (Phi) is 6.78. The highest BCUT2D eigenvalue weighted by atomic mass is 79.9. The maximum absolute atomic E-state index is 12.6. The van der Waals surface area contributed by atoms with Crippen LogP contribution in [0.1, 0.15) is 34.6 Å². The molecule has 0 fully saturated rings. The first kappa shape index (κ1) is 20.2. The minimum atomic E-state index is -0.114. The fourth-order valence-corrected chi connectivity index (χ4v) is 4.70. The van der Waals surface area contributed by atoms with Crippen LogP contribution in [0, 0.1) is 0 Å². The molecule has 7 heteroatoms. The van der Waals surface area contributed by atoms with Crippen LogP contribution in [0.3, 0.4) is 0 Å². The number of rotatable bonds is 7. The molecule has 5 nitrogen and oxygen atoms in total. The molecule has 1 unspecified atom stereocenters. The second kappa shape index (κ2) is 9.08. The van der Waals surface area contributed by atoms with Crippen molar-refractivity contribution in [3.05, 3.63) is 44.1 Å². The van der Waals surface area contributed by atoms with E-state index in [4.69, 9.17) is 9.47 Å². The molecule has 3 rings (SSSR count). The molecule has 0 saturated carbocycles. The number of ether oxygens (including phenoxy) is 2. The summed E-state index contributed by atoms with van der Waals surface area (Å²) in [6.45, 7) is 7.19. The van der Waals surface area contributed by atoms with Gasteiger partial charge in [-0.15, -0.1) is 11.3 Å². The van der Waals surface area contributed by atoms with E-state index in [9.17, 15) is 4.79 Å². The number of thiophene rings is 1. The third-order valence-electron chi connectivity index (χ3n) is 4.80. The smallest absolute Gasteiger partial charge is 0.251 e. The Morgan fingerprint density at radius 3 is 3.00 bits per heavy atom. The van der Waals surface area contributed by atoms with Crippen LogP contribution in [-0.2, 0) is 13.0 Å². The van der Waals surface area contributed by atoms with Gasteiger partial charge in [0.2, 0.25) is 0 Å². The first-order valence-corrected chi connectivity index (χ1v) is 10.8. The number of carbonyl (C=O) groups excluding carboxylic acids is 1. The lowest BCUT2D eigenvalue weighted by molar-refractivity contribution is 0.0932. The van der Waals surface area contributed by atoms with Gasteiger partial charge in [-0.3, -0.25) is 9.69 Å². The van der Waals surface area contributed by atoms with Gasteiger partial charge >= 0.3 is 0 Å². The van der Waals surface area contributed by atoms with Crippen molar-refractivity contribution in [2.75, 3.05) is 26.8 Å². The second-order valence-corrected chi connectivity index (χ2v) is 8.43. The lowest BCUT2D eigenvalue weighted by Crippen LogP contribution is -2.44. The van der Waals surface area contributed by atoms with Crippen molar-refractivity contribution in [2.24, 2.45) is 0 Å². The largest absolute Gasteiger partial charge is 0.493 e. The van der Waals surface area contributed by atoms with E-state index in [-0.39, 0.29) is 11.9 Å². The molecule has 0 aliphatic carbocycles. The van der Waals surface area contributed by atoms with E-state index < -0.39 is 0 Å². The molecule has 146 valence electrons. The van der Waals surface area contributed by atoms with Gasteiger partial charge in [-0.1, -0.05) is 0 Å². The molecule has 1 N–H and O–H groups in total.